The molecule has 0 radical (unpaired) electrons. The molecule has 1 atom stereocenters. The molecule has 114 valence electrons. The zero-order chi connectivity index (χ0) is 15.5. The van der Waals surface area contributed by atoms with Gasteiger partial charge in [0.05, 0.1) is 11.3 Å². The maximum absolute atomic E-state index is 13.7. The second-order valence-corrected chi connectivity index (χ2v) is 5.25. The predicted octanol–water partition coefficient (Wildman–Crippen LogP) is 2.69. The Bertz CT molecular complexity index is 678. The third kappa shape index (κ3) is 3.05. The highest BCUT2D eigenvalue weighted by Crippen LogP contribution is 2.19. The van der Waals surface area contributed by atoms with E-state index in [2.05, 4.69) is 10.3 Å². The van der Waals surface area contributed by atoms with Crippen molar-refractivity contribution in [2.75, 3.05) is 18.4 Å². The van der Waals surface area contributed by atoms with Crippen molar-refractivity contribution >= 4 is 11.6 Å². The Morgan fingerprint density at radius 2 is 2.18 bits per heavy atom. The van der Waals surface area contributed by atoms with Gasteiger partial charge in [0.2, 0.25) is 0 Å². The van der Waals surface area contributed by atoms with Gasteiger partial charge in [0.15, 0.2) is 0 Å². The minimum Gasteiger partial charge on any atom is -0.379 e. The van der Waals surface area contributed by atoms with E-state index in [9.17, 15) is 13.6 Å². The average molecular weight is 303 g/mol. The van der Waals surface area contributed by atoms with Crippen LogP contribution in [0, 0.1) is 11.6 Å². The third-order valence-corrected chi connectivity index (χ3v) is 3.67. The van der Waals surface area contributed by atoms with Crippen LogP contribution in [-0.2, 0) is 0 Å². The van der Waals surface area contributed by atoms with Crippen LogP contribution in [-0.4, -0.2) is 34.9 Å². The van der Waals surface area contributed by atoms with Gasteiger partial charge in [-0.2, -0.15) is 0 Å². The quantitative estimate of drug-likeness (QED) is 0.948. The number of nitrogens with one attached hydrogen (secondary N) is 1. The molecule has 3 rings (SSSR count). The van der Waals surface area contributed by atoms with E-state index in [1.807, 2.05) is 12.1 Å². The fraction of sp³-hybridized carbons (Fsp3) is 0.250. The first kappa shape index (κ1) is 14.4. The molecule has 0 saturated carbocycles. The zero-order valence-electron chi connectivity index (χ0n) is 11.8. The number of aromatic nitrogens is 1. The van der Waals surface area contributed by atoms with Crippen molar-refractivity contribution in [3.8, 4) is 0 Å². The average Bonchev–Trinajstić information content (AvgIpc) is 2.96. The number of halogens is 2. The summed E-state index contributed by atoms with van der Waals surface area (Å²) >= 11 is 0. The number of carbonyl (C=O) groups is 1. The predicted molar refractivity (Wildman–Crippen MR) is 78.5 cm³/mol. The van der Waals surface area contributed by atoms with E-state index in [4.69, 9.17) is 0 Å². The summed E-state index contributed by atoms with van der Waals surface area (Å²) in [4.78, 5) is 17.9. The zero-order valence-corrected chi connectivity index (χ0v) is 11.8. The fourth-order valence-corrected chi connectivity index (χ4v) is 2.58. The summed E-state index contributed by atoms with van der Waals surface area (Å²) in [6.45, 7) is 1.01. The normalized spacial score (nSPS) is 17.5. The molecule has 1 fully saturated rings. The Balaban J connectivity index is 1.66. The molecule has 0 spiro atoms. The van der Waals surface area contributed by atoms with Crippen molar-refractivity contribution < 1.29 is 13.6 Å². The van der Waals surface area contributed by atoms with Crippen LogP contribution in [0.3, 0.4) is 0 Å². The van der Waals surface area contributed by atoms with Crippen LogP contribution in [0.5, 0.6) is 0 Å². The molecule has 0 unspecified atom stereocenters. The lowest BCUT2D eigenvalue weighted by molar-refractivity contribution is 0.0787. The number of pyridine rings is 1. The third-order valence-electron chi connectivity index (χ3n) is 3.67. The maximum atomic E-state index is 13.7. The van der Waals surface area contributed by atoms with E-state index in [1.165, 1.54) is 6.07 Å². The summed E-state index contributed by atoms with van der Waals surface area (Å²) in [5.74, 6) is -1.92. The molecular formula is C16H15F2N3O. The van der Waals surface area contributed by atoms with Crippen molar-refractivity contribution in [2.24, 2.45) is 0 Å². The Morgan fingerprint density at radius 3 is 2.91 bits per heavy atom. The molecule has 2 aromatic rings. The molecule has 22 heavy (non-hydrogen) atoms. The molecule has 0 bridgehead atoms. The Morgan fingerprint density at radius 1 is 1.32 bits per heavy atom. The first-order chi connectivity index (χ1) is 10.6. The van der Waals surface area contributed by atoms with Gasteiger partial charge in [0.25, 0.3) is 5.91 Å². The highest BCUT2D eigenvalue weighted by atomic mass is 19.1. The highest BCUT2D eigenvalue weighted by Gasteiger charge is 2.28. The standard InChI is InChI=1S/C16H15F2N3O/c17-11-3-4-14(15(18)8-11)16(22)21-7-5-13(10-21)20-12-2-1-6-19-9-12/h1-4,6,8-9,13,20H,5,7,10H2/t13-/m0/s1. The molecule has 1 aromatic carbocycles. The molecule has 1 saturated heterocycles. The van der Waals surface area contributed by atoms with Gasteiger partial charge in [-0.25, -0.2) is 8.78 Å². The minimum absolute atomic E-state index is 0.0940. The van der Waals surface area contributed by atoms with Crippen molar-refractivity contribution in [3.63, 3.8) is 0 Å². The largest absolute Gasteiger partial charge is 0.379 e. The Hall–Kier alpha value is -2.50. The Labute approximate surface area is 126 Å². The molecule has 2 heterocycles. The van der Waals surface area contributed by atoms with Crippen LogP contribution < -0.4 is 5.32 Å². The van der Waals surface area contributed by atoms with Crippen molar-refractivity contribution in [2.45, 2.75) is 12.5 Å². The number of amides is 1. The lowest BCUT2D eigenvalue weighted by atomic mass is 10.2. The van der Waals surface area contributed by atoms with E-state index in [-0.39, 0.29) is 11.6 Å². The van der Waals surface area contributed by atoms with E-state index in [0.717, 1.165) is 24.2 Å². The van der Waals surface area contributed by atoms with Gasteiger partial charge in [-0.3, -0.25) is 9.78 Å². The second-order valence-electron chi connectivity index (χ2n) is 5.25. The van der Waals surface area contributed by atoms with Gasteiger partial charge in [0.1, 0.15) is 11.6 Å². The number of anilines is 1. The molecule has 1 aromatic heterocycles. The molecule has 1 aliphatic rings. The molecule has 1 N–H and O–H groups in total. The molecule has 6 heteroatoms. The van der Waals surface area contributed by atoms with Gasteiger partial charge >= 0.3 is 0 Å². The van der Waals surface area contributed by atoms with E-state index >= 15 is 0 Å². The second kappa shape index (κ2) is 6.09. The van der Waals surface area contributed by atoms with E-state index in [0.29, 0.717) is 13.1 Å². The van der Waals surface area contributed by atoms with Gasteiger partial charge in [-0.05, 0) is 30.7 Å². The van der Waals surface area contributed by atoms with Crippen molar-refractivity contribution in [1.82, 2.24) is 9.88 Å². The monoisotopic (exact) mass is 303 g/mol. The molecule has 0 aliphatic carbocycles. The van der Waals surface area contributed by atoms with Crippen LogP contribution in [0.15, 0.2) is 42.7 Å². The number of hydrogen-bond acceptors (Lipinski definition) is 3. The first-order valence-electron chi connectivity index (χ1n) is 7.04. The van der Waals surface area contributed by atoms with Crippen molar-refractivity contribution in [1.29, 1.82) is 0 Å². The van der Waals surface area contributed by atoms with Crippen LogP contribution in [0.4, 0.5) is 14.5 Å². The fourth-order valence-electron chi connectivity index (χ4n) is 2.58. The van der Waals surface area contributed by atoms with Gasteiger partial charge < -0.3 is 10.2 Å². The number of nitrogens with zero attached hydrogens (tertiary/aromatic N) is 2. The summed E-state index contributed by atoms with van der Waals surface area (Å²) in [5, 5.41) is 3.29. The Kier molecular flexibility index (Phi) is 4.00. The number of likely N-dealkylation sites (tertiary alicyclic amines) is 1. The summed E-state index contributed by atoms with van der Waals surface area (Å²) in [7, 11) is 0. The number of carbonyl (C=O) groups excluding carboxylic acids is 1. The van der Waals surface area contributed by atoms with Crippen LogP contribution in [0.25, 0.3) is 0 Å². The smallest absolute Gasteiger partial charge is 0.256 e. The molecular weight excluding hydrogens is 288 g/mol. The minimum atomic E-state index is -0.825. The van der Waals surface area contributed by atoms with E-state index < -0.39 is 17.5 Å². The maximum Gasteiger partial charge on any atom is 0.256 e. The molecule has 1 aliphatic heterocycles. The lowest BCUT2D eigenvalue weighted by Gasteiger charge is -2.18. The summed E-state index contributed by atoms with van der Waals surface area (Å²) < 4.78 is 26.6. The lowest BCUT2D eigenvalue weighted by Crippen LogP contribution is -2.32. The van der Waals surface area contributed by atoms with Gasteiger partial charge in [0, 0.05) is 37.6 Å². The summed E-state index contributed by atoms with van der Waals surface area (Å²) in [6, 6.07) is 6.84. The van der Waals surface area contributed by atoms with Gasteiger partial charge in [-0.15, -0.1) is 0 Å². The van der Waals surface area contributed by atoms with Crippen LogP contribution >= 0.6 is 0 Å². The number of hydrogen-bond donors (Lipinski definition) is 1. The first-order valence-corrected chi connectivity index (χ1v) is 7.04. The number of benzene rings is 1. The molecule has 1 amide bonds. The van der Waals surface area contributed by atoms with E-state index in [1.54, 1.807) is 17.3 Å². The topological polar surface area (TPSA) is 45.2 Å². The molecule has 4 nitrogen and oxygen atoms in total. The number of rotatable bonds is 3. The summed E-state index contributed by atoms with van der Waals surface area (Å²) in [5.41, 5.74) is 0.790. The SMILES string of the molecule is O=C(c1ccc(F)cc1F)N1CC[C@H](Nc2cccnc2)C1. The van der Waals surface area contributed by atoms with Crippen LogP contribution in [0.1, 0.15) is 16.8 Å². The summed E-state index contributed by atoms with van der Waals surface area (Å²) in [6.07, 6.45) is 4.17. The van der Waals surface area contributed by atoms with Crippen LogP contribution in [0.2, 0.25) is 0 Å². The highest BCUT2D eigenvalue weighted by molar-refractivity contribution is 5.94. The van der Waals surface area contributed by atoms with Crippen molar-refractivity contribution in [3.05, 3.63) is 59.9 Å². The van der Waals surface area contributed by atoms with Gasteiger partial charge in [-0.1, -0.05) is 0 Å².